The fourth-order valence-electron chi connectivity index (χ4n) is 0.941. The highest BCUT2D eigenvalue weighted by Crippen LogP contribution is 2.08. The van der Waals surface area contributed by atoms with Crippen molar-refractivity contribution in [2.75, 3.05) is 0 Å². The predicted molar refractivity (Wildman–Crippen MR) is 46.5 cm³/mol. The molecular weight excluding hydrogens is 172 g/mol. The second-order valence-corrected chi connectivity index (χ2v) is 2.51. The van der Waals surface area contributed by atoms with Crippen LogP contribution in [0, 0.1) is 12.3 Å². The first-order valence-corrected chi connectivity index (χ1v) is 3.57. The number of rotatable bonds is 1. The molecule has 0 aliphatic heterocycles. The molecule has 0 radical (unpaired) electrons. The smallest absolute Gasteiger partial charge is 0.332 e. The van der Waals surface area contributed by atoms with E-state index in [1.165, 1.54) is 0 Å². The van der Waals surface area contributed by atoms with Gasteiger partial charge in [0, 0.05) is 0 Å². The van der Waals surface area contributed by atoms with Gasteiger partial charge in [-0.05, 0) is 6.92 Å². The fraction of sp³-hybridized carbons (Fsp3) is 0.250. The molecule has 1 heterocycles. The molecule has 68 valence electrons. The lowest BCUT2D eigenvalue weighted by Gasteiger charge is -2.09. The maximum absolute atomic E-state index is 11.1. The van der Waals surface area contributed by atoms with Crippen molar-refractivity contribution in [3.63, 3.8) is 0 Å². The molecule has 1 aromatic heterocycles. The van der Waals surface area contributed by atoms with E-state index >= 15 is 0 Å². The number of H-pyrrole nitrogens is 1. The van der Waals surface area contributed by atoms with Crippen molar-refractivity contribution in [1.82, 2.24) is 9.55 Å². The summed E-state index contributed by atoms with van der Waals surface area (Å²) in [5, 5.41) is 9.22. The maximum atomic E-state index is 11.1. The minimum atomic E-state index is -0.713. The molecule has 0 spiro atoms. The lowest BCUT2D eigenvalue weighted by Crippen LogP contribution is -2.30. The van der Waals surface area contributed by atoms with Crippen LogP contribution in [0.15, 0.2) is 15.7 Å². The molecule has 13 heavy (non-hydrogen) atoms. The third-order valence-electron chi connectivity index (χ3n) is 1.58. The standard InChI is InChI=1S/C8H8N2O3/c1-3-5(2)10-7(12)4-6(11)9-8(10)13/h1,4-5,12H,2H3,(H,9,11,13). The number of nitrogens with zero attached hydrogens (tertiary/aromatic N) is 1. The molecule has 1 unspecified atom stereocenters. The normalized spacial score (nSPS) is 12.0. The van der Waals surface area contributed by atoms with Crippen molar-refractivity contribution in [2.24, 2.45) is 0 Å². The Kier molecular flexibility index (Phi) is 2.24. The second kappa shape index (κ2) is 3.19. The van der Waals surface area contributed by atoms with Crippen LogP contribution in [0.1, 0.15) is 13.0 Å². The largest absolute Gasteiger partial charge is 0.494 e. The summed E-state index contributed by atoms with van der Waals surface area (Å²) in [4.78, 5) is 23.8. The lowest BCUT2D eigenvalue weighted by atomic mass is 10.3. The van der Waals surface area contributed by atoms with E-state index in [1.807, 2.05) is 4.98 Å². The molecule has 0 fully saturated rings. The quantitative estimate of drug-likeness (QED) is 0.568. The lowest BCUT2D eigenvalue weighted by molar-refractivity contribution is 0.395. The van der Waals surface area contributed by atoms with Gasteiger partial charge in [-0.15, -0.1) is 6.42 Å². The second-order valence-electron chi connectivity index (χ2n) is 2.51. The minimum absolute atomic E-state index is 0.431. The summed E-state index contributed by atoms with van der Waals surface area (Å²) in [7, 11) is 0. The zero-order valence-electron chi connectivity index (χ0n) is 6.94. The van der Waals surface area contributed by atoms with Crippen LogP contribution in [0.25, 0.3) is 0 Å². The van der Waals surface area contributed by atoms with E-state index < -0.39 is 23.2 Å². The number of aromatic nitrogens is 2. The number of nitrogens with one attached hydrogen (secondary N) is 1. The van der Waals surface area contributed by atoms with Crippen LogP contribution in [0.4, 0.5) is 0 Å². The van der Waals surface area contributed by atoms with Gasteiger partial charge in [0.25, 0.3) is 5.56 Å². The number of aromatic hydroxyl groups is 1. The third kappa shape index (κ3) is 1.62. The maximum Gasteiger partial charge on any atom is 0.332 e. The Morgan fingerprint density at radius 2 is 2.31 bits per heavy atom. The molecule has 0 aromatic carbocycles. The highest BCUT2D eigenvalue weighted by Gasteiger charge is 2.08. The van der Waals surface area contributed by atoms with Crippen LogP contribution in [0.3, 0.4) is 0 Å². The monoisotopic (exact) mass is 180 g/mol. The minimum Gasteiger partial charge on any atom is -0.494 e. The van der Waals surface area contributed by atoms with Crippen molar-refractivity contribution in [3.8, 4) is 18.2 Å². The molecule has 1 atom stereocenters. The molecule has 0 saturated heterocycles. The Morgan fingerprint density at radius 3 is 2.77 bits per heavy atom. The van der Waals surface area contributed by atoms with Crippen LogP contribution >= 0.6 is 0 Å². The van der Waals surface area contributed by atoms with Crippen LogP contribution < -0.4 is 11.2 Å². The number of terminal acetylenes is 1. The molecule has 0 aliphatic rings. The van der Waals surface area contributed by atoms with E-state index in [4.69, 9.17) is 6.42 Å². The van der Waals surface area contributed by atoms with E-state index in [9.17, 15) is 14.7 Å². The predicted octanol–water partition coefficient (Wildman–Crippen LogP) is -0.564. The van der Waals surface area contributed by atoms with Crippen LogP contribution in [0.5, 0.6) is 5.88 Å². The van der Waals surface area contributed by atoms with Gasteiger partial charge in [0.15, 0.2) is 0 Å². The average Bonchev–Trinajstić information content (AvgIpc) is 2.02. The number of hydrogen-bond acceptors (Lipinski definition) is 3. The van der Waals surface area contributed by atoms with E-state index in [1.54, 1.807) is 6.92 Å². The van der Waals surface area contributed by atoms with E-state index in [0.717, 1.165) is 10.6 Å². The Morgan fingerprint density at radius 1 is 1.69 bits per heavy atom. The first-order valence-electron chi connectivity index (χ1n) is 3.57. The number of hydrogen-bond donors (Lipinski definition) is 2. The average molecular weight is 180 g/mol. The summed E-state index contributed by atoms with van der Waals surface area (Å²) in [6.45, 7) is 1.55. The number of aromatic amines is 1. The summed E-state index contributed by atoms with van der Waals surface area (Å²) < 4.78 is 0.918. The van der Waals surface area contributed by atoms with Gasteiger partial charge < -0.3 is 5.11 Å². The molecule has 5 nitrogen and oxygen atoms in total. The van der Waals surface area contributed by atoms with Crippen molar-refractivity contribution in [1.29, 1.82) is 0 Å². The summed E-state index contributed by atoms with van der Waals surface area (Å²) in [6, 6.07) is 0.305. The molecule has 1 rings (SSSR count). The SMILES string of the molecule is C#CC(C)n1c(O)cc(=O)[nH]c1=O. The van der Waals surface area contributed by atoms with E-state index in [2.05, 4.69) is 5.92 Å². The highest BCUT2D eigenvalue weighted by molar-refractivity contribution is 5.11. The highest BCUT2D eigenvalue weighted by atomic mass is 16.3. The molecule has 0 saturated carbocycles. The zero-order valence-corrected chi connectivity index (χ0v) is 6.94. The Balaban J connectivity index is 3.49. The Bertz CT molecular complexity index is 464. The molecule has 0 bridgehead atoms. The summed E-state index contributed by atoms with van der Waals surface area (Å²) in [5.41, 5.74) is -1.36. The first kappa shape index (κ1) is 9.13. The van der Waals surface area contributed by atoms with E-state index in [-0.39, 0.29) is 0 Å². The van der Waals surface area contributed by atoms with Crippen molar-refractivity contribution in [2.45, 2.75) is 13.0 Å². The van der Waals surface area contributed by atoms with Gasteiger partial charge in [-0.1, -0.05) is 5.92 Å². The Labute approximate surface area is 73.7 Å². The van der Waals surface area contributed by atoms with Gasteiger partial charge >= 0.3 is 5.69 Å². The first-order chi connectivity index (χ1) is 6.06. The van der Waals surface area contributed by atoms with Crippen LogP contribution in [-0.2, 0) is 0 Å². The zero-order chi connectivity index (χ0) is 10.0. The summed E-state index contributed by atoms with van der Waals surface area (Å²) in [6.07, 6.45) is 5.07. The van der Waals surface area contributed by atoms with Gasteiger partial charge in [0.2, 0.25) is 5.88 Å². The van der Waals surface area contributed by atoms with Gasteiger partial charge in [0.1, 0.15) is 0 Å². The molecule has 2 N–H and O–H groups in total. The molecule has 5 heteroatoms. The topological polar surface area (TPSA) is 75.1 Å². The summed E-state index contributed by atoms with van der Waals surface area (Å²) in [5.74, 6) is 1.83. The molecule has 0 amide bonds. The van der Waals surface area contributed by atoms with Gasteiger partial charge in [-0.2, -0.15) is 0 Å². The van der Waals surface area contributed by atoms with Crippen molar-refractivity contribution < 1.29 is 5.11 Å². The van der Waals surface area contributed by atoms with Crippen LogP contribution in [0.2, 0.25) is 0 Å². The molecule has 1 aromatic rings. The third-order valence-corrected chi connectivity index (χ3v) is 1.58. The van der Waals surface area contributed by atoms with Crippen molar-refractivity contribution in [3.05, 3.63) is 26.9 Å². The van der Waals surface area contributed by atoms with Crippen molar-refractivity contribution >= 4 is 0 Å². The van der Waals surface area contributed by atoms with Gasteiger partial charge in [-0.25, -0.2) is 4.79 Å². The van der Waals surface area contributed by atoms with Gasteiger partial charge in [-0.3, -0.25) is 14.3 Å². The summed E-state index contributed by atoms with van der Waals surface area (Å²) >= 11 is 0. The van der Waals surface area contributed by atoms with E-state index in [0.29, 0.717) is 0 Å². The van der Waals surface area contributed by atoms with Crippen LogP contribution in [-0.4, -0.2) is 14.7 Å². The molecule has 0 aliphatic carbocycles. The fourth-order valence-corrected chi connectivity index (χ4v) is 0.941. The Hall–Kier alpha value is -1.96. The molecular formula is C8H8N2O3. The van der Waals surface area contributed by atoms with Gasteiger partial charge in [0.05, 0.1) is 12.1 Å².